The number of hydrogen-bond donors (Lipinski definition) is 6. The molecule has 87 heavy (non-hydrogen) atoms. The summed E-state index contributed by atoms with van der Waals surface area (Å²) in [5.41, 5.74) is 0. The predicted molar refractivity (Wildman–Crippen MR) is 366 cm³/mol. The van der Waals surface area contributed by atoms with Gasteiger partial charge in [-0.3, -0.25) is 9.59 Å². The van der Waals surface area contributed by atoms with Gasteiger partial charge < -0.3 is 45.1 Å². The Morgan fingerprint density at radius 3 is 1.24 bits per heavy atom. The fourth-order valence-electron chi connectivity index (χ4n) is 11.2. The van der Waals surface area contributed by atoms with Crippen LogP contribution in [0.25, 0.3) is 0 Å². The fraction of sp³-hybridized carbons (Fsp3) is 0.816. The van der Waals surface area contributed by atoms with Gasteiger partial charge in [0.1, 0.15) is 24.4 Å². The van der Waals surface area contributed by atoms with Crippen LogP contribution in [0.15, 0.2) is 72.9 Å². The lowest BCUT2D eigenvalue weighted by molar-refractivity contribution is -0.302. The lowest BCUT2D eigenvalue weighted by atomic mass is 9.99. The normalized spacial score (nSPS) is 18.3. The van der Waals surface area contributed by atoms with Crippen molar-refractivity contribution < 1.29 is 49.3 Å². The maximum absolute atomic E-state index is 13.1. The number of unbranched alkanes of at least 4 members (excludes halogenated alkanes) is 40. The smallest absolute Gasteiger partial charge is 0.305 e. The van der Waals surface area contributed by atoms with Gasteiger partial charge in [-0.25, -0.2) is 0 Å². The predicted octanol–water partition coefficient (Wildman–Crippen LogP) is 19.1. The first kappa shape index (κ1) is 82.1. The van der Waals surface area contributed by atoms with Crippen LogP contribution < -0.4 is 5.32 Å². The van der Waals surface area contributed by atoms with Gasteiger partial charge >= 0.3 is 5.97 Å². The van der Waals surface area contributed by atoms with E-state index in [1.807, 2.05) is 6.08 Å². The molecule has 11 nitrogen and oxygen atoms in total. The number of amides is 1. The van der Waals surface area contributed by atoms with E-state index in [4.69, 9.17) is 14.2 Å². The lowest BCUT2D eigenvalue weighted by Crippen LogP contribution is -2.60. The molecular weight excluding hydrogens is 1090 g/mol. The van der Waals surface area contributed by atoms with E-state index in [0.717, 1.165) is 77.0 Å². The monoisotopic (exact) mass is 1220 g/mol. The Kier molecular flexibility index (Phi) is 61.0. The second-order valence-electron chi connectivity index (χ2n) is 25.3. The van der Waals surface area contributed by atoms with Crippen molar-refractivity contribution in [3.63, 3.8) is 0 Å². The first-order chi connectivity index (χ1) is 42.7. The van der Waals surface area contributed by atoms with E-state index in [2.05, 4.69) is 79.9 Å². The van der Waals surface area contributed by atoms with Crippen LogP contribution in [-0.4, -0.2) is 100 Å². The molecule has 0 saturated carbocycles. The molecule has 0 aliphatic carbocycles. The van der Waals surface area contributed by atoms with Crippen molar-refractivity contribution in [3.8, 4) is 0 Å². The zero-order valence-electron chi connectivity index (χ0n) is 56.2. The van der Waals surface area contributed by atoms with Crippen molar-refractivity contribution in [1.82, 2.24) is 5.32 Å². The number of esters is 1. The minimum Gasteiger partial charge on any atom is -0.466 e. The van der Waals surface area contributed by atoms with Crippen molar-refractivity contribution in [2.45, 2.75) is 378 Å². The maximum Gasteiger partial charge on any atom is 0.305 e. The van der Waals surface area contributed by atoms with Gasteiger partial charge in [0.2, 0.25) is 5.91 Å². The molecule has 0 radical (unpaired) electrons. The number of carbonyl (C=O) groups is 2. The fourth-order valence-corrected chi connectivity index (χ4v) is 11.2. The van der Waals surface area contributed by atoms with Crippen LogP contribution in [-0.2, 0) is 23.8 Å². The highest BCUT2D eigenvalue weighted by Gasteiger charge is 2.44. The van der Waals surface area contributed by atoms with Gasteiger partial charge in [-0.1, -0.05) is 286 Å². The Morgan fingerprint density at radius 2 is 0.793 bits per heavy atom. The largest absolute Gasteiger partial charge is 0.466 e. The van der Waals surface area contributed by atoms with E-state index in [1.54, 1.807) is 6.08 Å². The first-order valence-electron chi connectivity index (χ1n) is 36.7. The highest BCUT2D eigenvalue weighted by Crippen LogP contribution is 2.23. The van der Waals surface area contributed by atoms with Crippen LogP contribution in [0.1, 0.15) is 335 Å². The Bertz CT molecular complexity index is 1680. The summed E-state index contributed by atoms with van der Waals surface area (Å²) < 4.78 is 16.7. The van der Waals surface area contributed by atoms with E-state index in [9.17, 15) is 35.1 Å². The minimum atomic E-state index is -1.58. The highest BCUT2D eigenvalue weighted by atomic mass is 16.7. The summed E-state index contributed by atoms with van der Waals surface area (Å²) in [6.45, 7) is 4.29. The summed E-state index contributed by atoms with van der Waals surface area (Å²) in [6.07, 6.45) is 77.6. The van der Waals surface area contributed by atoms with Gasteiger partial charge in [0.05, 0.1) is 32.0 Å². The molecule has 1 amide bonds. The van der Waals surface area contributed by atoms with Gasteiger partial charge in [0.15, 0.2) is 6.29 Å². The molecule has 1 saturated heterocycles. The molecule has 1 aliphatic rings. The average Bonchev–Trinajstić information content (AvgIpc) is 3.42. The standard InChI is InChI=1S/C76H137NO10/c1-3-5-7-9-11-13-15-16-36-39-43-46-50-54-58-62-69(79)68(67-86-76-75(84)74(83)73(82)70(66-78)87-76)77-71(80)63-59-55-51-47-44-40-37-34-32-30-28-26-24-22-20-18-17-19-21-23-25-27-29-31-33-35-38-41-45-49-53-57-61-65-85-72(81)64-60-56-52-48-42-14-12-10-8-6-4-2/h10,12,15-16,21,23,27,29,43,46,58,62,68-70,73-76,78-79,82-84H,3-9,11,13-14,17-20,22,24-26,28,30-42,44-45,47-57,59-61,63-67H2,1-2H3,(H,77,80)/b12-10-,16-15+,23-21-,29-27-,46-43+,62-58+. The topological polar surface area (TPSA) is 175 Å². The van der Waals surface area contributed by atoms with Crippen LogP contribution in [0.3, 0.4) is 0 Å². The Hall–Kier alpha value is -2.90. The maximum atomic E-state index is 13.1. The third-order valence-corrected chi connectivity index (χ3v) is 17.0. The van der Waals surface area contributed by atoms with E-state index in [-0.39, 0.29) is 18.5 Å². The molecule has 0 aromatic rings. The number of allylic oxidation sites excluding steroid dienone is 11. The number of hydrogen-bond acceptors (Lipinski definition) is 10. The summed E-state index contributed by atoms with van der Waals surface area (Å²) in [5.74, 6) is -0.199. The zero-order chi connectivity index (χ0) is 63.0. The van der Waals surface area contributed by atoms with E-state index in [0.29, 0.717) is 19.4 Å². The van der Waals surface area contributed by atoms with E-state index < -0.39 is 49.5 Å². The number of rotatable bonds is 64. The van der Waals surface area contributed by atoms with Crippen LogP contribution in [0, 0.1) is 0 Å². The van der Waals surface area contributed by atoms with Gasteiger partial charge in [-0.05, 0) is 109 Å². The number of carbonyl (C=O) groups excluding carboxylic acids is 2. The van der Waals surface area contributed by atoms with Crippen LogP contribution >= 0.6 is 0 Å². The summed E-state index contributed by atoms with van der Waals surface area (Å²) in [7, 11) is 0. The van der Waals surface area contributed by atoms with Crippen molar-refractivity contribution in [3.05, 3.63) is 72.9 Å². The minimum absolute atomic E-state index is 0.00497. The molecule has 6 N–H and O–H groups in total. The lowest BCUT2D eigenvalue weighted by Gasteiger charge is -2.40. The molecular formula is C76H137NO10. The van der Waals surface area contributed by atoms with Crippen LogP contribution in [0.5, 0.6) is 0 Å². The molecule has 1 aliphatic heterocycles. The van der Waals surface area contributed by atoms with Crippen LogP contribution in [0.4, 0.5) is 0 Å². The van der Waals surface area contributed by atoms with Gasteiger partial charge in [0.25, 0.3) is 0 Å². The molecule has 0 spiro atoms. The molecule has 506 valence electrons. The Morgan fingerprint density at radius 1 is 0.425 bits per heavy atom. The number of aliphatic hydroxyl groups is 5. The first-order valence-corrected chi connectivity index (χ1v) is 36.7. The quantitative estimate of drug-likeness (QED) is 0.0195. The van der Waals surface area contributed by atoms with Crippen molar-refractivity contribution in [1.29, 1.82) is 0 Å². The Balaban J connectivity index is 1.99. The average molecular weight is 1220 g/mol. The molecule has 1 rings (SSSR count). The molecule has 1 fully saturated rings. The zero-order valence-corrected chi connectivity index (χ0v) is 56.2. The summed E-state index contributed by atoms with van der Waals surface area (Å²) in [5, 5.41) is 54.5. The summed E-state index contributed by atoms with van der Waals surface area (Å²) in [6, 6.07) is -0.835. The van der Waals surface area contributed by atoms with E-state index in [1.165, 1.54) is 231 Å². The molecule has 7 atom stereocenters. The summed E-state index contributed by atoms with van der Waals surface area (Å²) in [4.78, 5) is 25.1. The molecule has 1 heterocycles. The van der Waals surface area contributed by atoms with Crippen molar-refractivity contribution in [2.24, 2.45) is 0 Å². The number of nitrogens with one attached hydrogen (secondary N) is 1. The number of ether oxygens (including phenoxy) is 3. The molecule has 0 aromatic heterocycles. The molecule has 11 heteroatoms. The van der Waals surface area contributed by atoms with Crippen LogP contribution in [0.2, 0.25) is 0 Å². The molecule has 0 aromatic carbocycles. The molecule has 0 bridgehead atoms. The second kappa shape index (κ2) is 64.6. The van der Waals surface area contributed by atoms with Crippen molar-refractivity contribution in [2.75, 3.05) is 19.8 Å². The van der Waals surface area contributed by atoms with Gasteiger partial charge in [0, 0.05) is 12.8 Å². The van der Waals surface area contributed by atoms with Gasteiger partial charge in [-0.2, -0.15) is 0 Å². The highest BCUT2D eigenvalue weighted by molar-refractivity contribution is 5.76. The third-order valence-electron chi connectivity index (χ3n) is 17.0. The van der Waals surface area contributed by atoms with Crippen molar-refractivity contribution >= 4 is 11.9 Å². The third kappa shape index (κ3) is 53.5. The SMILES string of the molecule is CCCC/C=C\CCCCCCCC(=O)OCCCCCCCCCCC/C=C\C/C=C\CCCCCCCCCCCCCCCCCCCC(=O)NC(COC1OC(CO)C(O)C(O)C1O)C(O)/C=C/CC/C=C/CC/C=C/CCCCCCC. The Labute approximate surface area is 534 Å². The summed E-state index contributed by atoms with van der Waals surface area (Å²) >= 11 is 0. The van der Waals surface area contributed by atoms with E-state index >= 15 is 0 Å². The molecule has 7 unspecified atom stereocenters. The second-order valence-corrected chi connectivity index (χ2v) is 25.3. The van der Waals surface area contributed by atoms with Gasteiger partial charge in [-0.15, -0.1) is 0 Å². The number of aliphatic hydroxyl groups excluding tert-OH is 5.